The van der Waals surface area contributed by atoms with Crippen LogP contribution in [0.1, 0.15) is 36.1 Å². The number of aliphatic hydroxyl groups is 1. The fourth-order valence-electron chi connectivity index (χ4n) is 3.65. The number of rotatable bonds is 3. The topological polar surface area (TPSA) is 50.2 Å². The van der Waals surface area contributed by atoms with Gasteiger partial charge in [0.2, 0.25) is 0 Å². The molecule has 2 aromatic carbocycles. The zero-order valence-corrected chi connectivity index (χ0v) is 23.0. The molecule has 0 amide bonds. The molecule has 3 nitrogen and oxygen atoms in total. The van der Waals surface area contributed by atoms with Gasteiger partial charge in [0.25, 0.3) is 0 Å². The Labute approximate surface area is 213 Å². The first kappa shape index (κ1) is 26.7. The molecule has 0 aliphatic carbocycles. The first-order valence-electron chi connectivity index (χ1n) is 10.5. The molecule has 0 bridgehead atoms. The molecule has 4 aromatic rings. The largest absolute Gasteiger partial charge is 0.512 e. The van der Waals surface area contributed by atoms with E-state index in [9.17, 15) is 4.79 Å². The number of aryl methyl sites for hydroxylation is 4. The summed E-state index contributed by atoms with van der Waals surface area (Å²) < 4.78 is 0. The van der Waals surface area contributed by atoms with Gasteiger partial charge in [0, 0.05) is 36.4 Å². The molecule has 5 heteroatoms. The third-order valence-electron chi connectivity index (χ3n) is 4.73. The van der Waals surface area contributed by atoms with Crippen LogP contribution in [-0.2, 0) is 24.9 Å². The number of pyridine rings is 1. The second-order valence-electron chi connectivity index (χ2n) is 8.23. The van der Waals surface area contributed by atoms with Crippen LogP contribution in [-0.4, -0.2) is 15.9 Å². The van der Waals surface area contributed by atoms with E-state index in [0.717, 1.165) is 21.7 Å². The summed E-state index contributed by atoms with van der Waals surface area (Å²) in [6, 6.07) is 20.9. The van der Waals surface area contributed by atoms with Gasteiger partial charge in [-0.3, -0.25) is 9.78 Å². The molecule has 0 saturated carbocycles. The monoisotopic (exact) mass is 635 g/mol. The summed E-state index contributed by atoms with van der Waals surface area (Å²) in [6.45, 7) is 11.3. The van der Waals surface area contributed by atoms with E-state index >= 15 is 0 Å². The molecule has 33 heavy (non-hydrogen) atoms. The quantitative estimate of drug-likeness (QED) is 0.143. The molecular weight excluding hydrogens is 607 g/mol. The molecule has 0 aliphatic rings. The van der Waals surface area contributed by atoms with Gasteiger partial charge in [0.15, 0.2) is 5.78 Å². The number of ketones is 1. The summed E-state index contributed by atoms with van der Waals surface area (Å²) in [4.78, 5) is 17.3. The van der Waals surface area contributed by atoms with Crippen LogP contribution in [0.2, 0.25) is 0 Å². The number of hydrogen-bond acceptors (Lipinski definition) is 4. The van der Waals surface area contributed by atoms with Gasteiger partial charge >= 0.3 is 0 Å². The molecule has 0 aliphatic heterocycles. The second-order valence-corrected chi connectivity index (χ2v) is 9.26. The summed E-state index contributed by atoms with van der Waals surface area (Å²) >= 11 is 1.76. The van der Waals surface area contributed by atoms with Crippen molar-refractivity contribution in [3.05, 3.63) is 88.7 Å². The van der Waals surface area contributed by atoms with E-state index in [1.54, 1.807) is 11.3 Å². The smallest absolute Gasteiger partial charge is 0.155 e. The molecule has 173 valence electrons. The van der Waals surface area contributed by atoms with Crippen LogP contribution in [0.25, 0.3) is 31.9 Å². The van der Waals surface area contributed by atoms with Crippen molar-refractivity contribution in [1.29, 1.82) is 0 Å². The van der Waals surface area contributed by atoms with E-state index in [2.05, 4.69) is 82.3 Å². The van der Waals surface area contributed by atoms with Gasteiger partial charge in [0.1, 0.15) is 4.83 Å². The Kier molecular flexibility index (Phi) is 9.30. The predicted octanol–water partition coefficient (Wildman–Crippen LogP) is 7.70. The molecule has 4 rings (SSSR count). The van der Waals surface area contributed by atoms with Gasteiger partial charge in [-0.05, 0) is 45.0 Å². The summed E-state index contributed by atoms with van der Waals surface area (Å²) in [5.41, 5.74) is 8.33. The second kappa shape index (κ2) is 11.5. The summed E-state index contributed by atoms with van der Waals surface area (Å²) in [5, 5.41) is 9.56. The molecule has 1 radical (unpaired) electrons. The third-order valence-corrected chi connectivity index (χ3v) is 5.82. The van der Waals surface area contributed by atoms with Crippen LogP contribution in [0.3, 0.4) is 0 Å². The summed E-state index contributed by atoms with van der Waals surface area (Å²) in [5.74, 6) is -0.0625. The number of thiophene rings is 1. The Morgan fingerprint density at radius 2 is 1.58 bits per heavy atom. The molecule has 0 fully saturated rings. The molecule has 2 aromatic heterocycles. The fourth-order valence-corrected chi connectivity index (χ4v) is 4.67. The van der Waals surface area contributed by atoms with E-state index in [4.69, 9.17) is 10.1 Å². The maximum atomic E-state index is 10.0. The van der Waals surface area contributed by atoms with E-state index in [1.165, 1.54) is 52.4 Å². The van der Waals surface area contributed by atoms with Crippen LogP contribution in [0.15, 0.2) is 60.4 Å². The number of carbonyl (C=O) groups is 1. The molecule has 2 heterocycles. The standard InChI is InChI=1S/C23H20NS.C5H8O2.Ir/c1-14-7-15(2)10-19(9-14)21-6-5-18-13-22(25-23(18)24-21)20-11-16(3)8-17(4)12-20;1-4(6)3-5(2)7;/h5-9,11-13H,1-4H3;3,6H,1-2H3;/q-1;;/b;4-3-;. The minimum absolute atomic E-state index is 0. The third kappa shape index (κ3) is 7.46. The number of carbonyl (C=O) groups excluding carboxylic acids is 1. The predicted molar refractivity (Wildman–Crippen MR) is 135 cm³/mol. The van der Waals surface area contributed by atoms with E-state index < -0.39 is 0 Å². The number of aromatic nitrogens is 1. The van der Waals surface area contributed by atoms with Gasteiger partial charge in [-0.2, -0.15) is 0 Å². The van der Waals surface area contributed by atoms with Gasteiger partial charge in [0.05, 0.1) is 5.76 Å². The maximum Gasteiger partial charge on any atom is 0.155 e. The van der Waals surface area contributed by atoms with Gasteiger partial charge in [-0.25, -0.2) is 0 Å². The van der Waals surface area contributed by atoms with Crippen LogP contribution < -0.4 is 0 Å². The number of fused-ring (bicyclic) bond motifs is 1. The zero-order valence-electron chi connectivity index (χ0n) is 19.7. The van der Waals surface area contributed by atoms with Crippen molar-refractivity contribution in [2.45, 2.75) is 41.5 Å². The minimum atomic E-state index is -0.125. The normalized spacial score (nSPS) is 10.9. The molecular formula is C28H28IrNO2S-. The van der Waals surface area contributed by atoms with Crippen molar-refractivity contribution in [1.82, 2.24) is 4.98 Å². The van der Waals surface area contributed by atoms with Crippen LogP contribution in [0, 0.1) is 33.8 Å². The van der Waals surface area contributed by atoms with Crippen molar-refractivity contribution < 1.29 is 30.0 Å². The average molecular weight is 635 g/mol. The molecule has 0 spiro atoms. The first-order valence-corrected chi connectivity index (χ1v) is 11.3. The SMILES string of the molecule is CC(=O)/C=C(/C)O.Cc1[c-]c(-c2ccc3cc(-c4cc(C)cc(C)c4)sc3n2)cc(C)c1.[Ir]. The minimum Gasteiger partial charge on any atom is -0.512 e. The van der Waals surface area contributed by atoms with Crippen LogP contribution >= 0.6 is 11.3 Å². The van der Waals surface area contributed by atoms with Crippen molar-refractivity contribution in [3.8, 4) is 21.7 Å². The van der Waals surface area contributed by atoms with Crippen LogP contribution in [0.4, 0.5) is 0 Å². The van der Waals surface area contributed by atoms with Crippen molar-refractivity contribution >= 4 is 27.3 Å². The number of aliphatic hydroxyl groups excluding tert-OH is 1. The Bertz CT molecular complexity index is 1230. The van der Waals surface area contributed by atoms with Crippen LogP contribution in [0.5, 0.6) is 0 Å². The molecule has 1 N–H and O–H groups in total. The van der Waals surface area contributed by atoms with Gasteiger partial charge in [-0.15, -0.1) is 46.2 Å². The zero-order chi connectivity index (χ0) is 23.4. The number of benzene rings is 2. The number of allylic oxidation sites excluding steroid dienone is 2. The van der Waals surface area contributed by atoms with Crippen molar-refractivity contribution in [3.63, 3.8) is 0 Å². The summed E-state index contributed by atoms with van der Waals surface area (Å²) in [6.07, 6.45) is 1.17. The number of nitrogens with zero attached hydrogens (tertiary/aromatic N) is 1. The maximum absolute atomic E-state index is 10.0. The van der Waals surface area contributed by atoms with Gasteiger partial charge in [-0.1, -0.05) is 55.3 Å². The van der Waals surface area contributed by atoms with E-state index in [0.29, 0.717) is 0 Å². The Balaban J connectivity index is 0.000000423. The Morgan fingerprint density at radius 1 is 0.939 bits per heavy atom. The number of hydrogen-bond donors (Lipinski definition) is 1. The molecule has 0 unspecified atom stereocenters. The average Bonchev–Trinajstić information content (AvgIpc) is 3.09. The van der Waals surface area contributed by atoms with Crippen molar-refractivity contribution in [2.75, 3.05) is 0 Å². The van der Waals surface area contributed by atoms with Gasteiger partial charge < -0.3 is 5.11 Å². The molecule has 0 atom stereocenters. The first-order chi connectivity index (χ1) is 15.1. The Hall–Kier alpha value is -2.59. The van der Waals surface area contributed by atoms with E-state index in [1.807, 2.05) is 0 Å². The fraction of sp³-hybridized carbons (Fsp3) is 0.214. The van der Waals surface area contributed by atoms with E-state index in [-0.39, 0.29) is 31.6 Å². The molecule has 0 saturated heterocycles. The summed E-state index contributed by atoms with van der Waals surface area (Å²) in [7, 11) is 0. The Morgan fingerprint density at radius 3 is 2.12 bits per heavy atom. The van der Waals surface area contributed by atoms with Crippen molar-refractivity contribution in [2.24, 2.45) is 0 Å².